The molecule has 2 aromatic heterocycles. The van der Waals surface area contributed by atoms with Crippen molar-refractivity contribution in [1.29, 1.82) is 0 Å². The Hall–Kier alpha value is -1.95. The highest BCUT2D eigenvalue weighted by Crippen LogP contribution is 2.44. The van der Waals surface area contributed by atoms with Crippen LogP contribution in [0.1, 0.15) is 55.4 Å². The molecule has 6 heteroatoms. The summed E-state index contributed by atoms with van der Waals surface area (Å²) in [6.45, 7) is 14.2. The van der Waals surface area contributed by atoms with Gasteiger partial charge in [0, 0.05) is 43.2 Å². The van der Waals surface area contributed by atoms with Gasteiger partial charge in [-0.3, -0.25) is 0 Å². The molecular weight excluding hydrogens is 328 g/mol. The monoisotopic (exact) mass is 356 g/mol. The second-order valence-corrected chi connectivity index (χ2v) is 8.20. The molecule has 2 aliphatic rings. The van der Waals surface area contributed by atoms with Gasteiger partial charge in [0.15, 0.2) is 0 Å². The van der Waals surface area contributed by atoms with Gasteiger partial charge in [0.05, 0.1) is 17.0 Å². The Morgan fingerprint density at radius 2 is 1.73 bits per heavy atom. The predicted octanol–water partition coefficient (Wildman–Crippen LogP) is 3.80. The number of hydrogen-bond donors (Lipinski definition) is 0. The van der Waals surface area contributed by atoms with Gasteiger partial charge in [-0.1, -0.05) is 19.0 Å². The SMILES string of the molecule is Cc1noc(C)c1-c1nc(C(C)C)nc(N2CC3(CCOCC3)C2)c1C. The number of aryl methyl sites for hydroxylation is 2. The zero-order chi connectivity index (χ0) is 18.5. The molecule has 2 fully saturated rings. The van der Waals surface area contributed by atoms with Crippen LogP contribution in [-0.2, 0) is 4.74 Å². The maximum atomic E-state index is 5.55. The second-order valence-electron chi connectivity index (χ2n) is 8.20. The van der Waals surface area contributed by atoms with E-state index in [0.717, 1.165) is 79.1 Å². The van der Waals surface area contributed by atoms with Gasteiger partial charge in [-0.05, 0) is 33.6 Å². The summed E-state index contributed by atoms with van der Waals surface area (Å²) in [6.07, 6.45) is 2.31. The lowest BCUT2D eigenvalue weighted by Gasteiger charge is -2.53. The highest BCUT2D eigenvalue weighted by atomic mass is 16.5. The van der Waals surface area contributed by atoms with Crippen LogP contribution in [0.3, 0.4) is 0 Å². The van der Waals surface area contributed by atoms with Gasteiger partial charge >= 0.3 is 0 Å². The predicted molar refractivity (Wildman–Crippen MR) is 101 cm³/mol. The third-order valence-corrected chi connectivity index (χ3v) is 5.83. The fourth-order valence-electron chi connectivity index (χ4n) is 4.19. The van der Waals surface area contributed by atoms with Gasteiger partial charge in [0.25, 0.3) is 0 Å². The molecule has 0 unspecified atom stereocenters. The molecule has 4 rings (SSSR count). The van der Waals surface area contributed by atoms with E-state index < -0.39 is 0 Å². The molecule has 0 atom stereocenters. The zero-order valence-corrected chi connectivity index (χ0v) is 16.4. The Kier molecular flexibility index (Phi) is 4.26. The average Bonchev–Trinajstić information content (AvgIpc) is 2.92. The Morgan fingerprint density at radius 1 is 1.04 bits per heavy atom. The number of anilines is 1. The van der Waals surface area contributed by atoms with Crippen LogP contribution in [0.5, 0.6) is 0 Å². The Morgan fingerprint density at radius 3 is 2.31 bits per heavy atom. The van der Waals surface area contributed by atoms with E-state index >= 15 is 0 Å². The highest BCUT2D eigenvalue weighted by Gasteiger charge is 2.45. The largest absolute Gasteiger partial charge is 0.381 e. The smallest absolute Gasteiger partial charge is 0.143 e. The van der Waals surface area contributed by atoms with Crippen molar-refractivity contribution in [3.8, 4) is 11.3 Å². The molecule has 26 heavy (non-hydrogen) atoms. The molecule has 140 valence electrons. The van der Waals surface area contributed by atoms with Crippen molar-refractivity contribution in [2.45, 2.75) is 53.4 Å². The summed E-state index contributed by atoms with van der Waals surface area (Å²) in [6, 6.07) is 0. The van der Waals surface area contributed by atoms with Crippen LogP contribution in [-0.4, -0.2) is 41.4 Å². The zero-order valence-electron chi connectivity index (χ0n) is 16.4. The van der Waals surface area contributed by atoms with Crippen molar-refractivity contribution in [3.05, 3.63) is 22.8 Å². The normalized spacial score (nSPS) is 19.2. The van der Waals surface area contributed by atoms with E-state index in [-0.39, 0.29) is 5.92 Å². The summed E-state index contributed by atoms with van der Waals surface area (Å²) in [5, 5.41) is 4.12. The third-order valence-electron chi connectivity index (χ3n) is 5.83. The lowest BCUT2D eigenvalue weighted by molar-refractivity contribution is -0.000510. The summed E-state index contributed by atoms with van der Waals surface area (Å²) in [5.41, 5.74) is 4.38. The Balaban J connectivity index is 1.73. The number of hydrogen-bond acceptors (Lipinski definition) is 6. The number of aromatic nitrogens is 3. The topological polar surface area (TPSA) is 64.3 Å². The van der Waals surface area contributed by atoms with E-state index in [0.29, 0.717) is 5.41 Å². The van der Waals surface area contributed by atoms with Gasteiger partial charge in [-0.2, -0.15) is 0 Å². The Labute approximate surface area is 154 Å². The molecule has 0 N–H and O–H groups in total. The van der Waals surface area contributed by atoms with Crippen molar-refractivity contribution in [2.75, 3.05) is 31.2 Å². The molecule has 0 amide bonds. The van der Waals surface area contributed by atoms with Crippen LogP contribution in [0.4, 0.5) is 5.82 Å². The number of rotatable bonds is 3. The first-order valence-corrected chi connectivity index (χ1v) is 9.55. The maximum absolute atomic E-state index is 5.55. The molecule has 6 nitrogen and oxygen atoms in total. The van der Waals surface area contributed by atoms with E-state index in [4.69, 9.17) is 19.2 Å². The van der Waals surface area contributed by atoms with Gasteiger partial charge in [-0.15, -0.1) is 0 Å². The molecule has 4 heterocycles. The molecule has 0 saturated carbocycles. The maximum Gasteiger partial charge on any atom is 0.143 e. The average molecular weight is 356 g/mol. The summed E-state index contributed by atoms with van der Waals surface area (Å²) < 4.78 is 10.9. The Bertz CT molecular complexity index is 794. The standard InChI is InChI=1S/C20H28N4O2/c1-12(2)18-21-17(16-14(4)23-26-15(16)5)13(3)19(22-18)24-10-20(11-24)6-8-25-9-7-20/h12H,6-11H2,1-5H3. The minimum atomic E-state index is 0.270. The first kappa shape index (κ1) is 17.5. The summed E-state index contributed by atoms with van der Waals surface area (Å²) >= 11 is 0. The highest BCUT2D eigenvalue weighted by molar-refractivity contribution is 5.72. The van der Waals surface area contributed by atoms with Crippen LogP contribution in [0.2, 0.25) is 0 Å². The van der Waals surface area contributed by atoms with Crippen LogP contribution in [0, 0.1) is 26.2 Å². The minimum Gasteiger partial charge on any atom is -0.381 e. The van der Waals surface area contributed by atoms with Gasteiger partial charge in [0.1, 0.15) is 17.4 Å². The van der Waals surface area contributed by atoms with Gasteiger partial charge in [-0.25, -0.2) is 9.97 Å². The van der Waals surface area contributed by atoms with E-state index in [1.165, 1.54) is 0 Å². The molecule has 1 spiro atoms. The summed E-state index contributed by atoms with van der Waals surface area (Å²) in [4.78, 5) is 12.2. The molecule has 0 bridgehead atoms. The minimum absolute atomic E-state index is 0.270. The summed E-state index contributed by atoms with van der Waals surface area (Å²) in [5.74, 6) is 3.03. The molecular formula is C20H28N4O2. The third kappa shape index (κ3) is 2.80. The summed E-state index contributed by atoms with van der Waals surface area (Å²) in [7, 11) is 0. The fourth-order valence-corrected chi connectivity index (χ4v) is 4.19. The van der Waals surface area contributed by atoms with Crippen molar-refractivity contribution in [3.63, 3.8) is 0 Å². The second kappa shape index (κ2) is 6.34. The van der Waals surface area contributed by atoms with Crippen molar-refractivity contribution in [1.82, 2.24) is 15.1 Å². The fraction of sp³-hybridized carbons (Fsp3) is 0.650. The molecule has 0 aromatic carbocycles. The van der Waals surface area contributed by atoms with Crippen LogP contribution >= 0.6 is 0 Å². The number of nitrogens with zero attached hydrogens (tertiary/aromatic N) is 4. The molecule has 2 saturated heterocycles. The first-order chi connectivity index (χ1) is 12.4. The quantitative estimate of drug-likeness (QED) is 0.833. The van der Waals surface area contributed by atoms with Gasteiger partial charge < -0.3 is 14.2 Å². The van der Waals surface area contributed by atoms with E-state index in [1.54, 1.807) is 0 Å². The van der Waals surface area contributed by atoms with Crippen LogP contribution in [0.25, 0.3) is 11.3 Å². The van der Waals surface area contributed by atoms with E-state index in [1.807, 2.05) is 13.8 Å². The van der Waals surface area contributed by atoms with E-state index in [9.17, 15) is 0 Å². The lowest BCUT2D eigenvalue weighted by Crippen LogP contribution is -2.59. The van der Waals surface area contributed by atoms with Crippen LogP contribution < -0.4 is 4.90 Å². The first-order valence-electron chi connectivity index (χ1n) is 9.55. The van der Waals surface area contributed by atoms with Gasteiger partial charge in [0.2, 0.25) is 0 Å². The van der Waals surface area contributed by atoms with Crippen molar-refractivity contribution >= 4 is 5.82 Å². The van der Waals surface area contributed by atoms with E-state index in [2.05, 4.69) is 30.8 Å². The molecule has 0 aliphatic carbocycles. The van der Waals surface area contributed by atoms with Crippen LogP contribution in [0.15, 0.2) is 4.52 Å². The molecule has 0 radical (unpaired) electrons. The lowest BCUT2D eigenvalue weighted by atomic mass is 9.73. The molecule has 2 aliphatic heterocycles. The number of ether oxygens (including phenoxy) is 1. The molecule has 2 aromatic rings. The van der Waals surface area contributed by atoms with Crippen molar-refractivity contribution < 1.29 is 9.26 Å². The van der Waals surface area contributed by atoms with Crippen molar-refractivity contribution in [2.24, 2.45) is 5.41 Å².